The Balaban J connectivity index is 2.39. The van der Waals surface area contributed by atoms with Crippen LogP contribution in [0.3, 0.4) is 0 Å². The maximum absolute atomic E-state index is 3.84. The zero-order valence-corrected chi connectivity index (χ0v) is 18.8. The lowest BCUT2D eigenvalue weighted by Crippen LogP contribution is -2.20. The average Bonchev–Trinajstić information content (AvgIpc) is 2.64. The van der Waals surface area contributed by atoms with Gasteiger partial charge in [0, 0.05) is 17.6 Å². The van der Waals surface area contributed by atoms with Gasteiger partial charge in [-0.05, 0) is 60.4 Å². The summed E-state index contributed by atoms with van der Waals surface area (Å²) in [6, 6.07) is 8.97. The fraction of sp³-hybridized carbons (Fsp3) is 0.407. The molecule has 1 aliphatic carbocycles. The fourth-order valence-electron chi connectivity index (χ4n) is 3.27. The van der Waals surface area contributed by atoms with Gasteiger partial charge in [0.05, 0.1) is 0 Å². The van der Waals surface area contributed by atoms with Gasteiger partial charge in [0.25, 0.3) is 0 Å². The van der Waals surface area contributed by atoms with E-state index < -0.39 is 0 Å². The van der Waals surface area contributed by atoms with Crippen molar-refractivity contribution in [3.8, 4) is 0 Å². The molecule has 1 aliphatic rings. The Labute approximate surface area is 172 Å². The zero-order chi connectivity index (χ0) is 20.9. The molecule has 28 heavy (non-hydrogen) atoms. The minimum Gasteiger partial charge on any atom is -0.321 e. The topological polar surface area (TPSA) is 3.24 Å². The molecule has 1 nitrogen and oxygen atoms in total. The third-order valence-corrected chi connectivity index (χ3v) is 5.33. The Morgan fingerprint density at radius 3 is 2.04 bits per heavy atom. The lowest BCUT2D eigenvalue weighted by atomic mass is 9.81. The van der Waals surface area contributed by atoms with Gasteiger partial charge in [-0.1, -0.05) is 89.6 Å². The van der Waals surface area contributed by atoms with Crippen molar-refractivity contribution in [2.75, 3.05) is 4.90 Å². The Morgan fingerprint density at radius 1 is 0.929 bits per heavy atom. The third kappa shape index (κ3) is 5.86. The second-order valence-electron chi connectivity index (χ2n) is 9.72. The van der Waals surface area contributed by atoms with Gasteiger partial charge in [-0.25, -0.2) is 0 Å². The summed E-state index contributed by atoms with van der Waals surface area (Å²) in [5.41, 5.74) is 6.97. The lowest BCUT2D eigenvalue weighted by molar-refractivity contribution is 0.479. The number of benzene rings is 1. The number of hydrogen-bond donors (Lipinski definition) is 0. The molecular weight excluding hydrogens is 338 g/mol. The van der Waals surface area contributed by atoms with Crippen LogP contribution >= 0.6 is 0 Å². The van der Waals surface area contributed by atoms with Crippen molar-refractivity contribution in [2.24, 2.45) is 5.41 Å². The van der Waals surface area contributed by atoms with Crippen molar-refractivity contribution in [2.45, 2.75) is 66.7 Å². The van der Waals surface area contributed by atoms with Crippen molar-refractivity contribution in [3.05, 3.63) is 89.8 Å². The molecule has 0 amide bonds. The monoisotopic (exact) mass is 375 g/mol. The van der Waals surface area contributed by atoms with E-state index in [-0.39, 0.29) is 10.8 Å². The number of rotatable bonds is 5. The summed E-state index contributed by atoms with van der Waals surface area (Å²) < 4.78 is 0. The van der Waals surface area contributed by atoms with Crippen LogP contribution in [0.4, 0.5) is 5.69 Å². The molecule has 2 rings (SSSR count). The molecule has 0 radical (unpaired) electrons. The van der Waals surface area contributed by atoms with Crippen LogP contribution in [0.25, 0.3) is 0 Å². The minimum absolute atomic E-state index is 0.164. The standard InChI is InChI=1S/C27H37N/c1-9-21(2)11-10-20-28(24-16-12-22(13-17-24)26(3,4)5)25-18-14-23(15-19-25)27(6,7)8/h9-14,16-18,20H,1,15,19H2,2-8H3/b20-10-,21-11-. The molecule has 0 aliphatic heterocycles. The molecule has 0 saturated heterocycles. The predicted octanol–water partition coefficient (Wildman–Crippen LogP) is 8.09. The number of allylic oxidation sites excluding steroid dienone is 8. The minimum atomic E-state index is 0.164. The Morgan fingerprint density at radius 2 is 1.57 bits per heavy atom. The number of nitrogens with zero attached hydrogens (tertiary/aromatic N) is 1. The quantitative estimate of drug-likeness (QED) is 0.470. The molecule has 0 fully saturated rings. The highest BCUT2D eigenvalue weighted by Gasteiger charge is 2.21. The molecule has 1 aromatic rings. The van der Waals surface area contributed by atoms with Gasteiger partial charge in [0.15, 0.2) is 0 Å². The van der Waals surface area contributed by atoms with E-state index in [2.05, 4.69) is 115 Å². The van der Waals surface area contributed by atoms with Crippen molar-refractivity contribution in [3.63, 3.8) is 0 Å². The summed E-state index contributed by atoms with van der Waals surface area (Å²) in [4.78, 5) is 2.31. The maximum Gasteiger partial charge on any atom is 0.0452 e. The molecule has 0 saturated carbocycles. The molecule has 150 valence electrons. The van der Waals surface area contributed by atoms with Crippen molar-refractivity contribution < 1.29 is 0 Å². The number of hydrogen-bond acceptors (Lipinski definition) is 1. The van der Waals surface area contributed by atoms with E-state index in [0.717, 1.165) is 18.4 Å². The van der Waals surface area contributed by atoms with Gasteiger partial charge in [0.1, 0.15) is 0 Å². The Hall–Kier alpha value is -2.28. The smallest absolute Gasteiger partial charge is 0.0452 e. The second kappa shape index (κ2) is 8.82. The molecule has 0 heterocycles. The first-order valence-corrected chi connectivity index (χ1v) is 10.3. The first-order valence-electron chi connectivity index (χ1n) is 10.3. The molecular formula is C27H37N. The van der Waals surface area contributed by atoms with Crippen LogP contribution in [0.2, 0.25) is 0 Å². The highest BCUT2D eigenvalue weighted by atomic mass is 15.1. The third-order valence-electron chi connectivity index (χ3n) is 5.33. The van der Waals surface area contributed by atoms with Gasteiger partial charge in [-0.3, -0.25) is 0 Å². The average molecular weight is 376 g/mol. The van der Waals surface area contributed by atoms with Crippen LogP contribution in [0.15, 0.2) is 84.3 Å². The summed E-state index contributed by atoms with van der Waals surface area (Å²) in [5.74, 6) is 0. The van der Waals surface area contributed by atoms with E-state index in [1.165, 1.54) is 22.5 Å². The largest absolute Gasteiger partial charge is 0.321 e. The van der Waals surface area contributed by atoms with Crippen molar-refractivity contribution >= 4 is 5.69 Å². The highest BCUT2D eigenvalue weighted by Crippen LogP contribution is 2.35. The van der Waals surface area contributed by atoms with E-state index in [4.69, 9.17) is 0 Å². The van der Waals surface area contributed by atoms with E-state index in [9.17, 15) is 0 Å². The summed E-state index contributed by atoms with van der Waals surface area (Å²) in [6.07, 6.45) is 15.0. The molecule has 1 heteroatoms. The summed E-state index contributed by atoms with van der Waals surface area (Å²) in [7, 11) is 0. The molecule has 0 unspecified atom stereocenters. The van der Waals surface area contributed by atoms with Crippen LogP contribution in [-0.4, -0.2) is 0 Å². The van der Waals surface area contributed by atoms with Crippen LogP contribution in [0, 0.1) is 5.41 Å². The SMILES string of the molecule is C=C/C(C)=C\C=C/N(C1=CC=C(C(C)(C)C)CC1)c1ccc(C(C)(C)C)cc1. The van der Waals surface area contributed by atoms with Gasteiger partial charge >= 0.3 is 0 Å². The zero-order valence-electron chi connectivity index (χ0n) is 18.8. The van der Waals surface area contributed by atoms with E-state index >= 15 is 0 Å². The van der Waals surface area contributed by atoms with Crippen molar-refractivity contribution in [1.29, 1.82) is 0 Å². The normalized spacial score (nSPS) is 16.0. The molecule has 0 spiro atoms. The van der Waals surface area contributed by atoms with Crippen LogP contribution in [0.1, 0.15) is 66.9 Å². The highest BCUT2D eigenvalue weighted by molar-refractivity contribution is 5.58. The second-order valence-corrected chi connectivity index (χ2v) is 9.72. The van der Waals surface area contributed by atoms with Gasteiger partial charge < -0.3 is 4.90 Å². The molecule has 0 bridgehead atoms. The molecule has 0 atom stereocenters. The first-order chi connectivity index (χ1) is 13.0. The van der Waals surface area contributed by atoms with E-state index in [1.54, 1.807) is 0 Å². The summed E-state index contributed by atoms with van der Waals surface area (Å²) in [5, 5.41) is 0. The van der Waals surface area contributed by atoms with E-state index in [0.29, 0.717) is 0 Å². The van der Waals surface area contributed by atoms with Crippen LogP contribution in [-0.2, 0) is 5.41 Å². The lowest BCUT2D eigenvalue weighted by Gasteiger charge is -2.30. The van der Waals surface area contributed by atoms with E-state index in [1.807, 2.05) is 6.08 Å². The van der Waals surface area contributed by atoms with Crippen molar-refractivity contribution in [1.82, 2.24) is 0 Å². The fourth-order valence-corrected chi connectivity index (χ4v) is 3.27. The predicted molar refractivity (Wildman–Crippen MR) is 126 cm³/mol. The van der Waals surface area contributed by atoms with Gasteiger partial charge in [0.2, 0.25) is 0 Å². The first kappa shape index (κ1) is 22.0. The van der Waals surface area contributed by atoms with Crippen LogP contribution in [0.5, 0.6) is 0 Å². The van der Waals surface area contributed by atoms with Gasteiger partial charge in [-0.15, -0.1) is 0 Å². The van der Waals surface area contributed by atoms with Crippen LogP contribution < -0.4 is 4.90 Å². The summed E-state index contributed by atoms with van der Waals surface area (Å²) >= 11 is 0. The van der Waals surface area contributed by atoms with Gasteiger partial charge in [-0.2, -0.15) is 0 Å². The molecule has 1 aromatic carbocycles. The number of anilines is 1. The Kier molecular flexibility index (Phi) is 6.93. The molecule has 0 N–H and O–H groups in total. The summed E-state index contributed by atoms with van der Waals surface area (Å²) in [6.45, 7) is 19.6. The maximum atomic E-state index is 3.84. The molecule has 0 aromatic heterocycles. The Bertz CT molecular complexity index is 799.